The molecule has 1 aliphatic heterocycles. The van der Waals surface area contributed by atoms with E-state index in [1.807, 2.05) is 44.2 Å². The number of anilines is 1. The Balaban J connectivity index is 1.69. The number of aryl methyl sites for hydroxylation is 3. The van der Waals surface area contributed by atoms with E-state index in [-0.39, 0.29) is 5.57 Å². The summed E-state index contributed by atoms with van der Waals surface area (Å²) in [4.78, 5) is 39.6. The van der Waals surface area contributed by atoms with Crippen molar-refractivity contribution in [3.8, 4) is 5.75 Å². The van der Waals surface area contributed by atoms with Crippen LogP contribution in [0.4, 0.5) is 10.5 Å². The molecule has 1 N–H and O–H groups in total. The highest BCUT2D eigenvalue weighted by Gasteiger charge is 2.37. The molecule has 184 valence electrons. The Morgan fingerprint density at radius 1 is 0.889 bits per heavy atom. The van der Waals surface area contributed by atoms with Gasteiger partial charge in [0.2, 0.25) is 0 Å². The summed E-state index contributed by atoms with van der Waals surface area (Å²) in [6, 6.07) is 18.5. The minimum absolute atomic E-state index is 0.106. The van der Waals surface area contributed by atoms with Gasteiger partial charge >= 0.3 is 6.03 Å². The quantitative estimate of drug-likeness (QED) is 0.355. The van der Waals surface area contributed by atoms with Crippen molar-refractivity contribution in [1.82, 2.24) is 5.32 Å². The average molecular weight is 483 g/mol. The fourth-order valence-corrected chi connectivity index (χ4v) is 4.56. The number of hydrogen-bond donors (Lipinski definition) is 1. The first-order valence-electron chi connectivity index (χ1n) is 12.1. The zero-order valence-corrected chi connectivity index (χ0v) is 21.1. The van der Waals surface area contributed by atoms with Crippen LogP contribution in [0.2, 0.25) is 0 Å². The number of carbonyl (C=O) groups excluding carboxylic acids is 3. The number of ether oxygens (including phenoxy) is 1. The SMILES string of the molecule is CCOc1cc(/C=C2/C(=O)NC(=O)N(c3ccccc3CC)C2=O)ccc1Cc1cc(C)cc(C)c1. The Morgan fingerprint density at radius 3 is 2.31 bits per heavy atom. The van der Waals surface area contributed by atoms with Crippen LogP contribution in [0, 0.1) is 13.8 Å². The van der Waals surface area contributed by atoms with E-state index in [9.17, 15) is 14.4 Å². The van der Waals surface area contributed by atoms with E-state index >= 15 is 0 Å². The van der Waals surface area contributed by atoms with Gasteiger partial charge in [-0.1, -0.05) is 66.6 Å². The van der Waals surface area contributed by atoms with E-state index in [2.05, 4.69) is 37.4 Å². The van der Waals surface area contributed by atoms with Crippen LogP contribution in [0.1, 0.15) is 47.2 Å². The van der Waals surface area contributed by atoms with Crippen LogP contribution in [-0.2, 0) is 22.4 Å². The molecular formula is C30H30N2O4. The number of urea groups is 1. The summed E-state index contributed by atoms with van der Waals surface area (Å²) >= 11 is 0. The number of amides is 4. The summed E-state index contributed by atoms with van der Waals surface area (Å²) < 4.78 is 5.91. The Kier molecular flexibility index (Phi) is 7.34. The first kappa shape index (κ1) is 24.9. The highest BCUT2D eigenvalue weighted by Crippen LogP contribution is 2.28. The predicted molar refractivity (Wildman–Crippen MR) is 141 cm³/mol. The number of nitrogens with zero attached hydrogens (tertiary/aromatic N) is 1. The van der Waals surface area contributed by atoms with Gasteiger partial charge in [0.1, 0.15) is 11.3 Å². The van der Waals surface area contributed by atoms with Crippen molar-refractivity contribution in [3.05, 3.63) is 99.6 Å². The van der Waals surface area contributed by atoms with Gasteiger partial charge in [-0.15, -0.1) is 0 Å². The van der Waals surface area contributed by atoms with E-state index in [0.29, 0.717) is 36.4 Å². The van der Waals surface area contributed by atoms with Gasteiger partial charge in [0.15, 0.2) is 0 Å². The Bertz CT molecular complexity index is 1350. The van der Waals surface area contributed by atoms with Gasteiger partial charge < -0.3 is 4.74 Å². The number of carbonyl (C=O) groups is 3. The minimum Gasteiger partial charge on any atom is -0.494 e. The monoisotopic (exact) mass is 482 g/mol. The zero-order valence-electron chi connectivity index (χ0n) is 21.1. The Labute approximate surface area is 211 Å². The van der Waals surface area contributed by atoms with Crippen LogP contribution in [0.25, 0.3) is 6.08 Å². The maximum absolute atomic E-state index is 13.3. The van der Waals surface area contributed by atoms with Crippen LogP contribution in [0.3, 0.4) is 0 Å². The lowest BCUT2D eigenvalue weighted by Crippen LogP contribution is -2.54. The van der Waals surface area contributed by atoms with Gasteiger partial charge in [-0.05, 0) is 67.7 Å². The molecule has 4 rings (SSSR count). The molecule has 1 aliphatic rings. The number of hydrogen-bond acceptors (Lipinski definition) is 4. The summed E-state index contributed by atoms with van der Waals surface area (Å²) in [5, 5.41) is 2.30. The van der Waals surface area contributed by atoms with Gasteiger partial charge in [-0.25, -0.2) is 9.69 Å². The molecule has 0 aromatic heterocycles. The normalized spacial score (nSPS) is 14.8. The van der Waals surface area contributed by atoms with Crippen molar-refractivity contribution in [2.24, 2.45) is 0 Å². The van der Waals surface area contributed by atoms with Crippen LogP contribution in [0.15, 0.2) is 66.2 Å². The van der Waals surface area contributed by atoms with Crippen LogP contribution >= 0.6 is 0 Å². The third-order valence-corrected chi connectivity index (χ3v) is 6.09. The predicted octanol–water partition coefficient (Wildman–Crippen LogP) is 5.52. The van der Waals surface area contributed by atoms with Gasteiger partial charge in [-0.2, -0.15) is 0 Å². The van der Waals surface area contributed by atoms with Crippen molar-refractivity contribution in [2.45, 2.75) is 40.5 Å². The summed E-state index contributed by atoms with van der Waals surface area (Å²) in [5.41, 5.74) is 6.44. The van der Waals surface area contributed by atoms with Crippen molar-refractivity contribution < 1.29 is 19.1 Å². The molecule has 6 heteroatoms. The summed E-state index contributed by atoms with van der Waals surface area (Å²) in [7, 11) is 0. The lowest BCUT2D eigenvalue weighted by atomic mass is 9.98. The van der Waals surface area contributed by atoms with Crippen LogP contribution < -0.4 is 15.0 Å². The van der Waals surface area contributed by atoms with E-state index in [4.69, 9.17) is 4.74 Å². The van der Waals surface area contributed by atoms with Crippen molar-refractivity contribution in [1.29, 1.82) is 0 Å². The summed E-state index contributed by atoms with van der Waals surface area (Å²) in [6.45, 7) is 8.50. The molecule has 0 unspecified atom stereocenters. The molecule has 0 spiro atoms. The van der Waals surface area contributed by atoms with Crippen molar-refractivity contribution in [3.63, 3.8) is 0 Å². The highest BCUT2D eigenvalue weighted by molar-refractivity contribution is 6.39. The number of imide groups is 2. The molecule has 36 heavy (non-hydrogen) atoms. The van der Waals surface area contributed by atoms with E-state index in [0.717, 1.165) is 16.0 Å². The van der Waals surface area contributed by atoms with E-state index < -0.39 is 17.8 Å². The maximum Gasteiger partial charge on any atom is 0.335 e. The first-order valence-corrected chi connectivity index (χ1v) is 12.1. The topological polar surface area (TPSA) is 75.7 Å². The molecule has 0 radical (unpaired) electrons. The van der Waals surface area contributed by atoms with E-state index in [1.165, 1.54) is 22.8 Å². The minimum atomic E-state index is -0.748. The smallest absolute Gasteiger partial charge is 0.335 e. The van der Waals surface area contributed by atoms with Crippen LogP contribution in [0.5, 0.6) is 5.75 Å². The number of barbiturate groups is 1. The summed E-state index contributed by atoms with van der Waals surface area (Å²) in [6.07, 6.45) is 2.85. The molecule has 6 nitrogen and oxygen atoms in total. The van der Waals surface area contributed by atoms with Gasteiger partial charge in [-0.3, -0.25) is 14.9 Å². The molecule has 0 atom stereocenters. The second-order valence-corrected chi connectivity index (χ2v) is 8.91. The molecule has 4 amide bonds. The fourth-order valence-electron chi connectivity index (χ4n) is 4.56. The van der Waals surface area contributed by atoms with Gasteiger partial charge in [0.05, 0.1) is 12.3 Å². The number of para-hydroxylation sites is 1. The standard InChI is InChI=1S/C30H30N2O4/c1-5-23-9-7-8-10-26(23)32-29(34)25(28(33)31-30(32)35)17-21-11-12-24(27(18-21)36-6-2)16-22-14-19(3)13-20(4)15-22/h7-15,17-18H,5-6,16H2,1-4H3,(H,31,33,35)/b25-17-. The molecule has 0 saturated carbocycles. The molecule has 3 aromatic rings. The molecule has 1 heterocycles. The summed E-state index contributed by atoms with van der Waals surface area (Å²) in [5.74, 6) is -0.673. The molecular weight excluding hydrogens is 452 g/mol. The number of rotatable bonds is 7. The van der Waals surface area contributed by atoms with Crippen molar-refractivity contribution in [2.75, 3.05) is 11.5 Å². The van der Waals surface area contributed by atoms with E-state index in [1.54, 1.807) is 12.1 Å². The Morgan fingerprint density at radius 2 is 1.61 bits per heavy atom. The fraction of sp³-hybridized carbons (Fsp3) is 0.233. The zero-order chi connectivity index (χ0) is 25.8. The largest absolute Gasteiger partial charge is 0.494 e. The highest BCUT2D eigenvalue weighted by atomic mass is 16.5. The lowest BCUT2D eigenvalue weighted by molar-refractivity contribution is -0.122. The lowest BCUT2D eigenvalue weighted by Gasteiger charge is -2.28. The van der Waals surface area contributed by atoms with Crippen molar-refractivity contribution >= 4 is 29.6 Å². The van der Waals surface area contributed by atoms with Crippen LogP contribution in [-0.4, -0.2) is 24.5 Å². The molecule has 0 aliphatic carbocycles. The second kappa shape index (κ2) is 10.6. The third kappa shape index (κ3) is 5.23. The maximum atomic E-state index is 13.3. The number of benzene rings is 3. The molecule has 1 saturated heterocycles. The molecule has 3 aromatic carbocycles. The second-order valence-electron chi connectivity index (χ2n) is 8.91. The van der Waals surface area contributed by atoms with Gasteiger partial charge in [0.25, 0.3) is 11.8 Å². The Hall–Kier alpha value is -4.19. The first-order chi connectivity index (χ1) is 17.3. The van der Waals surface area contributed by atoms with Gasteiger partial charge in [0, 0.05) is 6.42 Å². The molecule has 1 fully saturated rings. The number of nitrogens with one attached hydrogen (secondary N) is 1. The third-order valence-electron chi connectivity index (χ3n) is 6.09. The molecule has 0 bridgehead atoms. The average Bonchev–Trinajstić information content (AvgIpc) is 2.83.